The van der Waals surface area contributed by atoms with Gasteiger partial charge in [0.1, 0.15) is 11.9 Å². The van der Waals surface area contributed by atoms with E-state index in [2.05, 4.69) is 10.6 Å². The first-order chi connectivity index (χ1) is 12.4. The fourth-order valence-corrected chi connectivity index (χ4v) is 3.36. The quantitative estimate of drug-likeness (QED) is 0.723. The second kappa shape index (κ2) is 8.78. The highest BCUT2D eigenvalue weighted by atomic mass is 19.1. The molecule has 0 unspecified atom stereocenters. The molecule has 1 aromatic carbocycles. The molecule has 0 saturated heterocycles. The van der Waals surface area contributed by atoms with Crippen LogP contribution in [0.3, 0.4) is 0 Å². The fourth-order valence-electron chi connectivity index (χ4n) is 3.36. The van der Waals surface area contributed by atoms with E-state index in [1.165, 1.54) is 6.07 Å². The number of carbonyl (C=O) groups is 3. The fraction of sp³-hybridized carbons (Fsp3) is 0.526. The van der Waals surface area contributed by atoms with E-state index in [0.29, 0.717) is 24.9 Å². The molecule has 0 aliphatic heterocycles. The lowest BCUT2D eigenvalue weighted by Crippen LogP contribution is -2.46. The molecular formula is C19H25FN2O4. The number of rotatable bonds is 7. The van der Waals surface area contributed by atoms with Crippen LogP contribution in [0.25, 0.3) is 0 Å². The van der Waals surface area contributed by atoms with Crippen molar-refractivity contribution in [2.75, 3.05) is 13.2 Å². The van der Waals surface area contributed by atoms with Crippen molar-refractivity contribution in [1.29, 1.82) is 0 Å². The van der Waals surface area contributed by atoms with E-state index in [1.54, 1.807) is 32.0 Å². The third-order valence-electron chi connectivity index (χ3n) is 4.69. The summed E-state index contributed by atoms with van der Waals surface area (Å²) in [6.45, 7) is 3.28. The number of amides is 2. The van der Waals surface area contributed by atoms with Crippen LogP contribution in [-0.2, 0) is 24.5 Å². The standard InChI is InChI=1S/C19H25FN2O4/c1-3-21-17(24)13(2)22-16(23)12-26-18(25)19(10-6-7-11-19)14-8-4-5-9-15(14)20/h4-5,8-9,13H,3,6-7,10-12H2,1-2H3,(H,21,24)(H,22,23)/t13-/m0/s1. The Hall–Kier alpha value is -2.44. The van der Waals surface area contributed by atoms with Crippen molar-refractivity contribution in [2.24, 2.45) is 0 Å². The summed E-state index contributed by atoms with van der Waals surface area (Å²) in [5.74, 6) is -1.92. The number of ether oxygens (including phenoxy) is 1. The maximum absolute atomic E-state index is 14.2. The maximum Gasteiger partial charge on any atom is 0.317 e. The third-order valence-corrected chi connectivity index (χ3v) is 4.69. The molecule has 2 rings (SSSR count). The van der Waals surface area contributed by atoms with Crippen LogP contribution >= 0.6 is 0 Å². The lowest BCUT2D eigenvalue weighted by molar-refractivity contribution is -0.154. The molecule has 142 valence electrons. The van der Waals surface area contributed by atoms with Crippen molar-refractivity contribution in [2.45, 2.75) is 51.0 Å². The monoisotopic (exact) mass is 364 g/mol. The van der Waals surface area contributed by atoms with E-state index in [-0.39, 0.29) is 5.91 Å². The van der Waals surface area contributed by atoms with Crippen molar-refractivity contribution in [3.63, 3.8) is 0 Å². The van der Waals surface area contributed by atoms with Crippen LogP contribution in [-0.4, -0.2) is 37.0 Å². The summed E-state index contributed by atoms with van der Waals surface area (Å²) in [4.78, 5) is 36.3. The van der Waals surface area contributed by atoms with Crippen molar-refractivity contribution >= 4 is 17.8 Å². The Bertz CT molecular complexity index is 671. The lowest BCUT2D eigenvalue weighted by atomic mass is 9.78. The Kier molecular flexibility index (Phi) is 6.71. The third kappa shape index (κ3) is 4.39. The Balaban J connectivity index is 2.00. The Morgan fingerprint density at radius 1 is 1.23 bits per heavy atom. The predicted octanol–water partition coefficient (Wildman–Crippen LogP) is 1.82. The van der Waals surface area contributed by atoms with E-state index >= 15 is 0 Å². The minimum Gasteiger partial charge on any atom is -0.455 e. The molecule has 26 heavy (non-hydrogen) atoms. The number of esters is 1. The highest BCUT2D eigenvalue weighted by Crippen LogP contribution is 2.43. The SMILES string of the molecule is CCNC(=O)[C@H](C)NC(=O)COC(=O)C1(c2ccccc2F)CCCC1. The molecule has 2 N–H and O–H groups in total. The van der Waals surface area contributed by atoms with Crippen molar-refractivity contribution in [3.05, 3.63) is 35.6 Å². The van der Waals surface area contributed by atoms with Gasteiger partial charge in [-0.25, -0.2) is 4.39 Å². The zero-order valence-corrected chi connectivity index (χ0v) is 15.1. The number of carbonyl (C=O) groups excluding carboxylic acids is 3. The first-order valence-electron chi connectivity index (χ1n) is 8.90. The van der Waals surface area contributed by atoms with E-state index < -0.39 is 35.8 Å². The zero-order valence-electron chi connectivity index (χ0n) is 15.1. The molecule has 0 aromatic heterocycles. The molecule has 1 fully saturated rings. The van der Waals surface area contributed by atoms with Gasteiger partial charge in [0.05, 0.1) is 5.41 Å². The summed E-state index contributed by atoms with van der Waals surface area (Å²) in [6, 6.07) is 5.45. The first-order valence-corrected chi connectivity index (χ1v) is 8.90. The number of likely N-dealkylation sites (N-methyl/N-ethyl adjacent to an activating group) is 1. The normalized spacial score (nSPS) is 16.6. The van der Waals surface area contributed by atoms with Crippen LogP contribution in [0.15, 0.2) is 24.3 Å². The van der Waals surface area contributed by atoms with E-state index in [9.17, 15) is 18.8 Å². The molecule has 1 atom stereocenters. The van der Waals surface area contributed by atoms with Gasteiger partial charge in [-0.05, 0) is 32.8 Å². The molecule has 0 bridgehead atoms. The minimum absolute atomic E-state index is 0.314. The van der Waals surface area contributed by atoms with Crippen molar-refractivity contribution < 1.29 is 23.5 Å². The number of hydrogen-bond acceptors (Lipinski definition) is 4. The average molecular weight is 364 g/mol. The zero-order chi connectivity index (χ0) is 19.2. The molecule has 6 nitrogen and oxygen atoms in total. The minimum atomic E-state index is -1.04. The molecule has 0 radical (unpaired) electrons. The average Bonchev–Trinajstić information content (AvgIpc) is 3.11. The van der Waals surface area contributed by atoms with Crippen molar-refractivity contribution in [3.8, 4) is 0 Å². The van der Waals surface area contributed by atoms with Gasteiger partial charge in [0.25, 0.3) is 5.91 Å². The van der Waals surface area contributed by atoms with Gasteiger partial charge < -0.3 is 15.4 Å². The van der Waals surface area contributed by atoms with Crippen LogP contribution in [0.2, 0.25) is 0 Å². The summed E-state index contributed by atoms with van der Waals surface area (Å²) < 4.78 is 19.4. The Labute approximate surface area is 152 Å². The lowest BCUT2D eigenvalue weighted by Gasteiger charge is -2.27. The Morgan fingerprint density at radius 3 is 2.50 bits per heavy atom. The molecule has 2 amide bonds. The largest absolute Gasteiger partial charge is 0.455 e. The van der Waals surface area contributed by atoms with Gasteiger partial charge in [0.15, 0.2) is 6.61 Å². The highest BCUT2D eigenvalue weighted by Gasteiger charge is 2.46. The van der Waals surface area contributed by atoms with Crippen LogP contribution in [0.5, 0.6) is 0 Å². The summed E-state index contributed by atoms with van der Waals surface area (Å²) in [5.41, 5.74) is -0.727. The van der Waals surface area contributed by atoms with Gasteiger partial charge in [0.2, 0.25) is 5.91 Å². The van der Waals surface area contributed by atoms with Gasteiger partial charge in [0, 0.05) is 12.1 Å². The molecule has 1 aliphatic rings. The van der Waals surface area contributed by atoms with Crippen LogP contribution in [0.4, 0.5) is 4.39 Å². The van der Waals surface area contributed by atoms with Gasteiger partial charge in [-0.3, -0.25) is 14.4 Å². The van der Waals surface area contributed by atoms with Gasteiger partial charge in [-0.1, -0.05) is 31.0 Å². The number of nitrogens with one attached hydrogen (secondary N) is 2. The molecule has 1 saturated carbocycles. The smallest absolute Gasteiger partial charge is 0.317 e. The number of halogens is 1. The van der Waals surface area contributed by atoms with E-state index in [1.807, 2.05) is 0 Å². The molecule has 1 aromatic rings. The number of benzene rings is 1. The van der Waals surface area contributed by atoms with Crippen molar-refractivity contribution in [1.82, 2.24) is 10.6 Å². The molecule has 0 spiro atoms. The predicted molar refractivity (Wildman–Crippen MR) is 93.8 cm³/mol. The van der Waals surface area contributed by atoms with Gasteiger partial charge >= 0.3 is 5.97 Å². The Morgan fingerprint density at radius 2 is 1.88 bits per heavy atom. The molecule has 1 aliphatic carbocycles. The number of hydrogen-bond donors (Lipinski definition) is 2. The summed E-state index contributed by atoms with van der Waals surface area (Å²) >= 11 is 0. The first kappa shape index (κ1) is 19.9. The second-order valence-electron chi connectivity index (χ2n) is 6.53. The second-order valence-corrected chi connectivity index (χ2v) is 6.53. The van der Waals surface area contributed by atoms with Gasteiger partial charge in [-0.15, -0.1) is 0 Å². The van der Waals surface area contributed by atoms with E-state index in [0.717, 1.165) is 12.8 Å². The molecule has 0 heterocycles. The molecule has 7 heteroatoms. The summed E-state index contributed by atoms with van der Waals surface area (Å²) in [7, 11) is 0. The van der Waals surface area contributed by atoms with Crippen LogP contribution < -0.4 is 10.6 Å². The topological polar surface area (TPSA) is 84.5 Å². The van der Waals surface area contributed by atoms with E-state index in [4.69, 9.17) is 4.74 Å². The van der Waals surface area contributed by atoms with Crippen LogP contribution in [0, 0.1) is 5.82 Å². The summed E-state index contributed by atoms with van der Waals surface area (Å²) in [5, 5.41) is 5.06. The van der Waals surface area contributed by atoms with Gasteiger partial charge in [-0.2, -0.15) is 0 Å². The highest BCUT2D eigenvalue weighted by molar-refractivity contribution is 5.90. The molecular weight excluding hydrogens is 339 g/mol. The summed E-state index contributed by atoms with van der Waals surface area (Å²) in [6.07, 6.45) is 2.57. The maximum atomic E-state index is 14.2. The van der Waals surface area contributed by atoms with Crippen LogP contribution in [0.1, 0.15) is 45.1 Å².